The van der Waals surface area contributed by atoms with Crippen LogP contribution in [0.15, 0.2) is 42.5 Å². The molecule has 0 aliphatic rings. The van der Waals surface area contributed by atoms with Crippen molar-refractivity contribution in [1.29, 1.82) is 0 Å². The third-order valence-corrected chi connectivity index (χ3v) is 4.51. The van der Waals surface area contributed by atoms with Crippen molar-refractivity contribution in [2.24, 2.45) is 0 Å². The largest absolute Gasteiger partial charge is 0.497 e. The molecule has 8 heteroatoms. The molecule has 0 bridgehead atoms. The highest BCUT2D eigenvalue weighted by atomic mass is 32.2. The van der Waals surface area contributed by atoms with Crippen LogP contribution in [0.25, 0.3) is 0 Å². The summed E-state index contributed by atoms with van der Waals surface area (Å²) in [5.41, 5.74) is 1.89. The van der Waals surface area contributed by atoms with Gasteiger partial charge in [-0.3, -0.25) is 0 Å². The molecule has 2 rings (SSSR count). The highest BCUT2D eigenvalue weighted by Gasteiger charge is 2.08. The molecule has 6 nitrogen and oxygen atoms in total. The molecule has 0 atom stereocenters. The third kappa shape index (κ3) is 5.54. The average molecular weight is 370 g/mol. The van der Waals surface area contributed by atoms with Crippen LogP contribution in [0.2, 0.25) is 0 Å². The molecule has 130 valence electrons. The lowest BCUT2D eigenvalue weighted by Crippen LogP contribution is -2.01. The van der Waals surface area contributed by atoms with Crippen molar-refractivity contribution in [2.45, 2.75) is 18.1 Å². The SMILES string of the molecule is COc1ccc(COc2ccc(C[SH](=O)=O)cc2C[SH](=O)=O)cc1. The van der Waals surface area contributed by atoms with Gasteiger partial charge in [0.25, 0.3) is 0 Å². The molecule has 2 aromatic rings. The number of hydrogen-bond donors (Lipinski definition) is 2. The van der Waals surface area contributed by atoms with Crippen molar-refractivity contribution >= 4 is 21.4 Å². The number of methoxy groups -OCH3 is 1. The van der Waals surface area contributed by atoms with Crippen LogP contribution in [-0.4, -0.2) is 23.9 Å². The van der Waals surface area contributed by atoms with E-state index in [2.05, 4.69) is 0 Å². The van der Waals surface area contributed by atoms with E-state index in [4.69, 9.17) is 9.47 Å². The first-order valence-electron chi connectivity index (χ1n) is 7.09. The second-order valence-electron chi connectivity index (χ2n) is 5.06. The number of rotatable bonds is 8. The van der Waals surface area contributed by atoms with Crippen LogP contribution in [0.5, 0.6) is 11.5 Å². The maximum absolute atomic E-state index is 11.0. The van der Waals surface area contributed by atoms with Gasteiger partial charge in [0.2, 0.25) is 0 Å². The summed E-state index contributed by atoms with van der Waals surface area (Å²) in [6, 6.07) is 12.1. The Labute approximate surface area is 143 Å². The lowest BCUT2D eigenvalue weighted by Gasteiger charge is -2.12. The number of thiol groups is 2. The van der Waals surface area contributed by atoms with Gasteiger partial charge >= 0.3 is 0 Å². The summed E-state index contributed by atoms with van der Waals surface area (Å²) < 4.78 is 54.5. The van der Waals surface area contributed by atoms with E-state index in [0.717, 1.165) is 11.3 Å². The Kier molecular flexibility index (Phi) is 6.62. The molecule has 0 unspecified atom stereocenters. The first-order valence-corrected chi connectivity index (χ1v) is 9.81. The fraction of sp³-hybridized carbons (Fsp3) is 0.250. The molecule has 0 fully saturated rings. The molecule has 0 N–H and O–H groups in total. The second kappa shape index (κ2) is 8.70. The maximum Gasteiger partial charge on any atom is 0.144 e. The molecule has 0 saturated heterocycles. The summed E-state index contributed by atoms with van der Waals surface area (Å²) in [5.74, 6) is 0.835. The van der Waals surface area contributed by atoms with Gasteiger partial charge in [0.05, 0.1) is 18.6 Å². The summed E-state index contributed by atoms with van der Waals surface area (Å²) in [5, 5.41) is 0. The van der Waals surface area contributed by atoms with E-state index in [1.165, 1.54) is 0 Å². The monoisotopic (exact) mass is 370 g/mol. The number of ether oxygens (including phenoxy) is 2. The van der Waals surface area contributed by atoms with E-state index in [0.29, 0.717) is 16.9 Å². The van der Waals surface area contributed by atoms with Crippen LogP contribution in [0, 0.1) is 0 Å². The highest BCUT2D eigenvalue weighted by molar-refractivity contribution is 7.71. The molecule has 0 amide bonds. The predicted octanol–water partition coefficient (Wildman–Crippen LogP) is 1.50. The summed E-state index contributed by atoms with van der Waals surface area (Å²) in [6.45, 7) is 0.266. The van der Waals surface area contributed by atoms with Crippen molar-refractivity contribution in [1.82, 2.24) is 0 Å². The minimum Gasteiger partial charge on any atom is -0.497 e. The Bertz CT molecular complexity index is 822. The molecule has 0 heterocycles. The van der Waals surface area contributed by atoms with Crippen molar-refractivity contribution < 1.29 is 26.3 Å². The summed E-state index contributed by atoms with van der Waals surface area (Å²) in [4.78, 5) is 0. The summed E-state index contributed by atoms with van der Waals surface area (Å²) >= 11 is 0. The van der Waals surface area contributed by atoms with E-state index >= 15 is 0 Å². The lowest BCUT2D eigenvalue weighted by molar-refractivity contribution is 0.303. The summed E-state index contributed by atoms with van der Waals surface area (Å²) in [6.07, 6.45) is 0. The molecule has 24 heavy (non-hydrogen) atoms. The minimum atomic E-state index is -2.64. The standard InChI is InChI=1S/C16H18O6S2/c1-21-15-5-2-12(3-6-15)9-22-16-7-4-13(10-23(17)18)8-14(16)11-24(19)20/h2-8,23-24H,9-11H2,1H3. The number of hydrogen-bond acceptors (Lipinski definition) is 6. The summed E-state index contributed by atoms with van der Waals surface area (Å²) in [7, 11) is -3.63. The van der Waals surface area contributed by atoms with Gasteiger partial charge in [-0.15, -0.1) is 0 Å². The zero-order valence-electron chi connectivity index (χ0n) is 13.0. The fourth-order valence-electron chi connectivity index (χ4n) is 2.17. The quantitative estimate of drug-likeness (QED) is 0.685. The zero-order valence-corrected chi connectivity index (χ0v) is 14.8. The normalized spacial score (nSPS) is 11.0. The molecular formula is C16H18O6S2. The molecule has 0 aliphatic carbocycles. The minimum absolute atomic E-state index is 0.128. The van der Waals surface area contributed by atoms with Gasteiger partial charge in [-0.1, -0.05) is 24.3 Å². The van der Waals surface area contributed by atoms with Gasteiger partial charge in [-0.2, -0.15) is 0 Å². The van der Waals surface area contributed by atoms with Gasteiger partial charge in [0.1, 0.15) is 39.5 Å². The smallest absolute Gasteiger partial charge is 0.144 e. The van der Waals surface area contributed by atoms with Crippen LogP contribution in [0.4, 0.5) is 0 Å². The molecule has 0 spiro atoms. The van der Waals surface area contributed by atoms with Gasteiger partial charge in [0.15, 0.2) is 0 Å². The topological polar surface area (TPSA) is 86.7 Å². The fourth-order valence-corrected chi connectivity index (χ4v) is 3.19. The van der Waals surface area contributed by atoms with Crippen LogP contribution >= 0.6 is 0 Å². The van der Waals surface area contributed by atoms with Gasteiger partial charge in [-0.25, -0.2) is 16.8 Å². The second-order valence-corrected chi connectivity index (χ2v) is 7.02. The molecule has 0 aliphatic heterocycles. The maximum atomic E-state index is 11.0. The van der Waals surface area contributed by atoms with Crippen molar-refractivity contribution in [3.8, 4) is 11.5 Å². The van der Waals surface area contributed by atoms with Crippen molar-refractivity contribution in [2.75, 3.05) is 7.11 Å². The average Bonchev–Trinajstić information content (AvgIpc) is 2.53. The van der Waals surface area contributed by atoms with Crippen LogP contribution in [0.3, 0.4) is 0 Å². The highest BCUT2D eigenvalue weighted by Crippen LogP contribution is 2.23. The van der Waals surface area contributed by atoms with Crippen molar-refractivity contribution in [3.63, 3.8) is 0 Å². The predicted molar refractivity (Wildman–Crippen MR) is 91.8 cm³/mol. The third-order valence-electron chi connectivity index (χ3n) is 3.29. The Balaban J connectivity index is 2.17. The molecule has 0 aromatic heterocycles. The lowest BCUT2D eigenvalue weighted by atomic mass is 10.1. The van der Waals surface area contributed by atoms with Gasteiger partial charge in [-0.05, 0) is 29.3 Å². The van der Waals surface area contributed by atoms with Gasteiger partial charge < -0.3 is 9.47 Å². The molecule has 0 radical (unpaired) electrons. The van der Waals surface area contributed by atoms with Crippen LogP contribution in [-0.2, 0) is 39.5 Å². The Morgan fingerprint density at radius 3 is 2.04 bits per heavy atom. The van der Waals surface area contributed by atoms with Crippen LogP contribution in [0.1, 0.15) is 16.7 Å². The van der Waals surface area contributed by atoms with E-state index in [-0.39, 0.29) is 18.1 Å². The Morgan fingerprint density at radius 2 is 1.46 bits per heavy atom. The number of benzene rings is 2. The van der Waals surface area contributed by atoms with Crippen LogP contribution < -0.4 is 9.47 Å². The van der Waals surface area contributed by atoms with Gasteiger partial charge in [0, 0.05) is 5.56 Å². The first-order chi connectivity index (χ1) is 11.5. The Hall–Kier alpha value is -2.06. The Morgan fingerprint density at radius 1 is 0.833 bits per heavy atom. The molecular weight excluding hydrogens is 352 g/mol. The van der Waals surface area contributed by atoms with E-state index in [1.807, 2.05) is 24.3 Å². The van der Waals surface area contributed by atoms with E-state index in [1.54, 1.807) is 25.3 Å². The zero-order chi connectivity index (χ0) is 17.5. The van der Waals surface area contributed by atoms with E-state index in [9.17, 15) is 16.8 Å². The molecule has 0 saturated carbocycles. The molecule has 2 aromatic carbocycles. The van der Waals surface area contributed by atoms with E-state index < -0.39 is 21.4 Å². The first kappa shape index (κ1) is 18.3. The van der Waals surface area contributed by atoms with Crippen molar-refractivity contribution in [3.05, 3.63) is 59.2 Å².